The van der Waals surface area contributed by atoms with Gasteiger partial charge < -0.3 is 20.3 Å². The third kappa shape index (κ3) is 4.12. The van der Waals surface area contributed by atoms with E-state index in [2.05, 4.69) is 4.74 Å². The van der Waals surface area contributed by atoms with Gasteiger partial charge in [-0.1, -0.05) is 12.1 Å². The Labute approximate surface area is 150 Å². The highest BCUT2D eigenvalue weighted by atomic mass is 19.3. The van der Waals surface area contributed by atoms with Crippen molar-refractivity contribution < 1.29 is 23.1 Å². The molecule has 6 nitrogen and oxygen atoms in total. The van der Waals surface area contributed by atoms with Crippen LogP contribution in [0.3, 0.4) is 0 Å². The van der Waals surface area contributed by atoms with E-state index in [1.807, 2.05) is 0 Å². The maximum Gasteiger partial charge on any atom is 0.387 e. The van der Waals surface area contributed by atoms with E-state index in [1.54, 1.807) is 15.9 Å². The largest absolute Gasteiger partial charge is 0.434 e. The van der Waals surface area contributed by atoms with Crippen molar-refractivity contribution in [3.8, 4) is 5.75 Å². The highest BCUT2D eigenvalue weighted by Gasteiger charge is 2.33. The number of nitrogens with two attached hydrogens (primary N) is 1. The number of carbonyl (C=O) groups is 2. The van der Waals surface area contributed by atoms with Crippen LogP contribution in [0.1, 0.15) is 29.6 Å². The van der Waals surface area contributed by atoms with Crippen LogP contribution in [0, 0.1) is 5.92 Å². The summed E-state index contributed by atoms with van der Waals surface area (Å²) < 4.78 is 29.5. The van der Waals surface area contributed by atoms with Crippen LogP contribution in [0.4, 0.5) is 8.78 Å². The summed E-state index contributed by atoms with van der Waals surface area (Å²) in [7, 11) is 0. The molecule has 0 aromatic heterocycles. The van der Waals surface area contributed by atoms with Crippen LogP contribution in [0.25, 0.3) is 0 Å². The van der Waals surface area contributed by atoms with E-state index in [9.17, 15) is 18.4 Å². The van der Waals surface area contributed by atoms with E-state index in [4.69, 9.17) is 5.73 Å². The molecule has 1 aromatic carbocycles. The second kappa shape index (κ2) is 7.99. The Morgan fingerprint density at radius 3 is 2.35 bits per heavy atom. The summed E-state index contributed by atoms with van der Waals surface area (Å²) in [6, 6.07) is 6.06. The van der Waals surface area contributed by atoms with Crippen molar-refractivity contribution in [1.82, 2.24) is 9.80 Å². The molecular weight excluding hydrogens is 344 g/mol. The topological polar surface area (TPSA) is 75.9 Å². The van der Waals surface area contributed by atoms with E-state index in [1.165, 1.54) is 18.2 Å². The SMILES string of the molecule is NC1CCC(C(=O)N2CCN(C(=O)c3ccccc3OC(F)F)CC2)C1. The predicted octanol–water partition coefficient (Wildman–Crippen LogP) is 1.70. The zero-order valence-electron chi connectivity index (χ0n) is 14.4. The van der Waals surface area contributed by atoms with Gasteiger partial charge in [0.15, 0.2) is 0 Å². The Balaban J connectivity index is 1.60. The second-order valence-corrected chi connectivity index (χ2v) is 6.76. The number of ether oxygens (including phenoxy) is 1. The minimum Gasteiger partial charge on any atom is -0.434 e. The molecule has 2 amide bonds. The molecule has 3 rings (SSSR count). The molecule has 0 radical (unpaired) electrons. The van der Waals surface area contributed by atoms with Gasteiger partial charge in [0.05, 0.1) is 5.56 Å². The summed E-state index contributed by atoms with van der Waals surface area (Å²) in [4.78, 5) is 28.5. The predicted molar refractivity (Wildman–Crippen MR) is 90.9 cm³/mol. The third-order valence-electron chi connectivity index (χ3n) is 5.03. The van der Waals surface area contributed by atoms with Gasteiger partial charge in [-0.25, -0.2) is 0 Å². The van der Waals surface area contributed by atoms with E-state index in [-0.39, 0.29) is 35.1 Å². The van der Waals surface area contributed by atoms with Gasteiger partial charge in [-0.2, -0.15) is 8.78 Å². The molecule has 1 aliphatic carbocycles. The van der Waals surface area contributed by atoms with Crippen LogP contribution in [-0.2, 0) is 4.79 Å². The molecule has 26 heavy (non-hydrogen) atoms. The zero-order chi connectivity index (χ0) is 18.7. The maximum atomic E-state index is 12.7. The number of carbonyl (C=O) groups excluding carboxylic acids is 2. The number of halogens is 2. The number of nitrogens with zero attached hydrogens (tertiary/aromatic N) is 2. The van der Waals surface area contributed by atoms with Crippen molar-refractivity contribution in [2.75, 3.05) is 26.2 Å². The zero-order valence-corrected chi connectivity index (χ0v) is 14.4. The van der Waals surface area contributed by atoms with Gasteiger partial charge in [-0.3, -0.25) is 9.59 Å². The van der Waals surface area contributed by atoms with Crippen LogP contribution in [-0.4, -0.2) is 60.4 Å². The lowest BCUT2D eigenvalue weighted by molar-refractivity contribution is -0.136. The first-order valence-electron chi connectivity index (χ1n) is 8.83. The molecule has 0 bridgehead atoms. The molecule has 1 saturated carbocycles. The van der Waals surface area contributed by atoms with Gasteiger partial charge in [-0.15, -0.1) is 0 Å². The van der Waals surface area contributed by atoms with Crippen LogP contribution in [0.2, 0.25) is 0 Å². The maximum absolute atomic E-state index is 12.7. The number of para-hydroxylation sites is 1. The van der Waals surface area contributed by atoms with E-state index < -0.39 is 6.61 Å². The minimum atomic E-state index is -2.99. The van der Waals surface area contributed by atoms with Crippen molar-refractivity contribution in [2.24, 2.45) is 11.7 Å². The molecule has 0 spiro atoms. The number of rotatable bonds is 4. The first-order chi connectivity index (χ1) is 12.5. The molecule has 142 valence electrons. The minimum absolute atomic E-state index is 0.0209. The normalized spacial score (nSPS) is 23.4. The molecule has 2 N–H and O–H groups in total. The summed E-state index contributed by atoms with van der Waals surface area (Å²) in [5.41, 5.74) is 5.98. The Hall–Kier alpha value is -2.22. The molecule has 2 fully saturated rings. The standard InChI is InChI=1S/C18H23F2N3O3/c19-18(20)26-15-4-2-1-3-14(15)17(25)23-9-7-22(8-10-23)16(24)12-5-6-13(21)11-12/h1-4,12-13,18H,5-11,21H2. The summed E-state index contributed by atoms with van der Waals surface area (Å²) >= 11 is 0. The summed E-state index contributed by atoms with van der Waals surface area (Å²) in [6.07, 6.45) is 2.41. The van der Waals surface area contributed by atoms with E-state index in [0.29, 0.717) is 26.2 Å². The highest BCUT2D eigenvalue weighted by molar-refractivity contribution is 5.97. The summed E-state index contributed by atoms with van der Waals surface area (Å²) in [6.45, 7) is -1.38. The average molecular weight is 367 g/mol. The molecular formula is C18H23F2N3O3. The fraction of sp³-hybridized carbons (Fsp3) is 0.556. The van der Waals surface area contributed by atoms with Crippen LogP contribution in [0.15, 0.2) is 24.3 Å². The molecule has 2 unspecified atom stereocenters. The number of alkyl halides is 2. The Bertz CT molecular complexity index is 663. The summed E-state index contributed by atoms with van der Waals surface area (Å²) in [5, 5.41) is 0. The van der Waals surface area contributed by atoms with Gasteiger partial charge >= 0.3 is 6.61 Å². The number of amides is 2. The van der Waals surface area contributed by atoms with Crippen molar-refractivity contribution in [1.29, 1.82) is 0 Å². The fourth-order valence-electron chi connectivity index (χ4n) is 3.64. The summed E-state index contributed by atoms with van der Waals surface area (Å²) in [5.74, 6) is -0.416. The van der Waals surface area contributed by atoms with E-state index >= 15 is 0 Å². The van der Waals surface area contributed by atoms with Crippen molar-refractivity contribution >= 4 is 11.8 Å². The van der Waals surface area contributed by atoms with Crippen LogP contribution < -0.4 is 10.5 Å². The highest BCUT2D eigenvalue weighted by Crippen LogP contribution is 2.27. The van der Waals surface area contributed by atoms with Gasteiger partial charge in [0.2, 0.25) is 5.91 Å². The van der Waals surface area contributed by atoms with Crippen molar-refractivity contribution in [3.63, 3.8) is 0 Å². The number of benzene rings is 1. The first-order valence-corrected chi connectivity index (χ1v) is 8.83. The molecule has 1 saturated heterocycles. The quantitative estimate of drug-likeness (QED) is 0.879. The third-order valence-corrected chi connectivity index (χ3v) is 5.03. The van der Waals surface area contributed by atoms with Crippen LogP contribution in [0.5, 0.6) is 5.75 Å². The number of piperazine rings is 1. The van der Waals surface area contributed by atoms with E-state index in [0.717, 1.165) is 19.3 Å². The number of hydrogen-bond acceptors (Lipinski definition) is 4. The monoisotopic (exact) mass is 367 g/mol. The first kappa shape index (κ1) is 18.6. The smallest absolute Gasteiger partial charge is 0.387 e. The van der Waals surface area contributed by atoms with Gasteiger partial charge in [0.25, 0.3) is 5.91 Å². The fourth-order valence-corrected chi connectivity index (χ4v) is 3.64. The lowest BCUT2D eigenvalue weighted by Crippen LogP contribution is -2.51. The Morgan fingerprint density at radius 2 is 1.73 bits per heavy atom. The van der Waals surface area contributed by atoms with Crippen LogP contribution >= 0.6 is 0 Å². The van der Waals surface area contributed by atoms with Gasteiger partial charge in [0, 0.05) is 38.1 Å². The number of hydrogen-bond donors (Lipinski definition) is 1. The van der Waals surface area contributed by atoms with Gasteiger partial charge in [-0.05, 0) is 31.4 Å². The second-order valence-electron chi connectivity index (χ2n) is 6.76. The van der Waals surface area contributed by atoms with Crippen molar-refractivity contribution in [3.05, 3.63) is 29.8 Å². The Kier molecular flexibility index (Phi) is 5.70. The lowest BCUT2D eigenvalue weighted by atomic mass is 10.1. The molecule has 8 heteroatoms. The molecule has 2 aliphatic rings. The molecule has 2 atom stereocenters. The Morgan fingerprint density at radius 1 is 1.08 bits per heavy atom. The lowest BCUT2D eigenvalue weighted by Gasteiger charge is -2.36. The molecule has 1 aliphatic heterocycles. The van der Waals surface area contributed by atoms with Crippen molar-refractivity contribution in [2.45, 2.75) is 31.9 Å². The molecule has 1 heterocycles. The molecule has 1 aromatic rings. The van der Waals surface area contributed by atoms with Gasteiger partial charge in [0.1, 0.15) is 5.75 Å². The average Bonchev–Trinajstić information content (AvgIpc) is 3.07.